The van der Waals surface area contributed by atoms with Gasteiger partial charge < -0.3 is 24.1 Å². The van der Waals surface area contributed by atoms with Gasteiger partial charge in [-0.25, -0.2) is 0 Å². The van der Waals surface area contributed by atoms with E-state index in [-0.39, 0.29) is 47.3 Å². The van der Waals surface area contributed by atoms with E-state index in [1.54, 1.807) is 0 Å². The Morgan fingerprint density at radius 2 is 2.03 bits per heavy atom. The fraction of sp³-hybridized carbons (Fsp3) is 0.839. The molecule has 2 saturated carbocycles. The Balaban J connectivity index is 1.19. The van der Waals surface area contributed by atoms with Gasteiger partial charge in [-0.2, -0.15) is 0 Å². The molecule has 0 aromatic heterocycles. The smallest absolute Gasteiger partial charge is 0.158 e. The van der Waals surface area contributed by atoms with Crippen molar-refractivity contribution in [2.24, 2.45) is 46.3 Å². The van der Waals surface area contributed by atoms with Crippen LogP contribution in [-0.4, -0.2) is 49.2 Å². The highest BCUT2D eigenvalue weighted by atomic mass is 16.7. The average Bonchev–Trinajstić information content (AvgIpc) is 3.54. The monoisotopic (exact) mass is 500 g/mol. The number of hydrogen-bond acceptors (Lipinski definition) is 5. The van der Waals surface area contributed by atoms with Crippen molar-refractivity contribution in [3.63, 3.8) is 0 Å². The number of carbonyl (C=O) groups is 1. The van der Waals surface area contributed by atoms with Gasteiger partial charge in [0.05, 0.1) is 24.9 Å². The van der Waals surface area contributed by atoms with Crippen LogP contribution in [0.5, 0.6) is 0 Å². The largest absolute Gasteiger partial charge is 0.393 e. The second kappa shape index (κ2) is 9.94. The quantitative estimate of drug-likeness (QED) is 0.250. The number of fused-ring (bicyclic) bond motifs is 3. The van der Waals surface area contributed by atoms with Gasteiger partial charge in [0.25, 0.3) is 0 Å². The number of unbranched alkanes of at least 4 members (excludes halogenated alkanes) is 1. The molecule has 0 amide bonds. The summed E-state index contributed by atoms with van der Waals surface area (Å²) in [5, 5.41) is 10.9. The van der Waals surface area contributed by atoms with Crippen LogP contribution in [-0.2, 0) is 19.0 Å². The summed E-state index contributed by atoms with van der Waals surface area (Å²) in [5.74, 6) is 2.18. The van der Waals surface area contributed by atoms with Crippen molar-refractivity contribution in [2.45, 2.75) is 104 Å². The maximum Gasteiger partial charge on any atom is 0.158 e. The minimum Gasteiger partial charge on any atom is -0.393 e. The molecule has 2 saturated heterocycles. The van der Waals surface area contributed by atoms with E-state index in [0.717, 1.165) is 50.5 Å². The molecule has 0 radical (unpaired) electrons. The summed E-state index contributed by atoms with van der Waals surface area (Å²) >= 11 is 0. The zero-order valence-corrected chi connectivity index (χ0v) is 23.1. The number of carbonyl (C=O) groups excluding carboxylic acids is 1. The fourth-order valence-corrected chi connectivity index (χ4v) is 9.21. The third kappa shape index (κ3) is 4.17. The summed E-state index contributed by atoms with van der Waals surface area (Å²) in [6.07, 6.45) is 10.1. The van der Waals surface area contributed by atoms with Crippen molar-refractivity contribution in [1.29, 1.82) is 0 Å². The van der Waals surface area contributed by atoms with Crippen LogP contribution in [0.1, 0.15) is 79.6 Å². The Morgan fingerprint density at radius 3 is 2.72 bits per heavy atom. The van der Waals surface area contributed by atoms with E-state index in [1.165, 1.54) is 11.9 Å². The lowest BCUT2D eigenvalue weighted by atomic mass is 9.53. The van der Waals surface area contributed by atoms with Gasteiger partial charge in [0, 0.05) is 29.8 Å². The third-order valence-corrected chi connectivity index (χ3v) is 11.0. The van der Waals surface area contributed by atoms with Crippen LogP contribution in [0, 0.1) is 46.3 Å². The molecule has 0 spiro atoms. The molecule has 202 valence electrons. The molecular formula is C31H48O5. The Kier molecular flexibility index (Phi) is 7.35. The topological polar surface area (TPSA) is 65.0 Å². The average molecular weight is 501 g/mol. The van der Waals surface area contributed by atoms with Crippen LogP contribution in [0.3, 0.4) is 0 Å². The molecular weight excluding hydrogens is 452 g/mol. The van der Waals surface area contributed by atoms with Crippen LogP contribution in [0.4, 0.5) is 0 Å². The van der Waals surface area contributed by atoms with Gasteiger partial charge in [-0.05, 0) is 74.2 Å². The number of aliphatic hydroxyl groups is 1. The number of aliphatic hydroxyl groups excluding tert-OH is 1. The second-order valence-electron chi connectivity index (χ2n) is 13.3. The first kappa shape index (κ1) is 26.6. The lowest BCUT2D eigenvalue weighted by Gasteiger charge is -2.49. The predicted molar refractivity (Wildman–Crippen MR) is 140 cm³/mol. The minimum absolute atomic E-state index is 0.0296. The number of aldehydes is 1. The summed E-state index contributed by atoms with van der Waals surface area (Å²) in [4.78, 5) is 13.0. The molecule has 36 heavy (non-hydrogen) atoms. The number of ether oxygens (including phenoxy) is 3. The highest BCUT2D eigenvalue weighted by Gasteiger charge is 2.66. The first-order valence-electron chi connectivity index (χ1n) is 14.5. The molecule has 5 nitrogen and oxygen atoms in total. The number of allylic oxidation sites excluding steroid dienone is 2. The van der Waals surface area contributed by atoms with E-state index in [2.05, 4.69) is 47.3 Å². The summed E-state index contributed by atoms with van der Waals surface area (Å²) in [7, 11) is 0. The van der Waals surface area contributed by atoms with Crippen LogP contribution < -0.4 is 0 Å². The van der Waals surface area contributed by atoms with Gasteiger partial charge in [-0.15, -0.1) is 0 Å². The molecule has 5 aliphatic rings. The van der Waals surface area contributed by atoms with Gasteiger partial charge in [-0.3, -0.25) is 0 Å². The molecule has 5 rings (SSSR count). The van der Waals surface area contributed by atoms with Crippen LogP contribution in [0.2, 0.25) is 0 Å². The zero-order valence-electron chi connectivity index (χ0n) is 23.1. The summed E-state index contributed by atoms with van der Waals surface area (Å²) in [6, 6.07) is 0. The molecule has 0 aromatic carbocycles. The summed E-state index contributed by atoms with van der Waals surface area (Å²) < 4.78 is 18.1. The zero-order chi connectivity index (χ0) is 25.8. The molecule has 2 aliphatic heterocycles. The predicted octanol–water partition coefficient (Wildman–Crippen LogP) is 5.71. The molecule has 11 unspecified atom stereocenters. The number of rotatable bonds is 9. The maximum absolute atomic E-state index is 13.0. The summed E-state index contributed by atoms with van der Waals surface area (Å²) in [6.45, 7) is 16.6. The molecule has 3 aliphatic carbocycles. The molecule has 2 heterocycles. The molecule has 4 fully saturated rings. The molecule has 5 heteroatoms. The first-order valence-corrected chi connectivity index (χ1v) is 14.5. The van der Waals surface area contributed by atoms with E-state index < -0.39 is 0 Å². The van der Waals surface area contributed by atoms with Gasteiger partial charge in [0.2, 0.25) is 0 Å². The minimum atomic E-state index is -0.340. The normalized spacial score (nSPS) is 48.0. The highest BCUT2D eigenvalue weighted by molar-refractivity contribution is 5.66. The summed E-state index contributed by atoms with van der Waals surface area (Å²) in [5.41, 5.74) is 2.24. The maximum atomic E-state index is 13.0. The van der Waals surface area contributed by atoms with E-state index in [4.69, 9.17) is 14.2 Å². The molecule has 2 bridgehead atoms. The van der Waals surface area contributed by atoms with Gasteiger partial charge in [-0.1, -0.05) is 52.3 Å². The van der Waals surface area contributed by atoms with Crippen molar-refractivity contribution in [3.8, 4) is 0 Å². The SMILES string of the molecule is C=C1COC2C(C)OC(OCCCCC3C(C)C(O)CC3C3(C=O)CC4C=C(C(C)C)C3(C)C4)CC12. The van der Waals surface area contributed by atoms with Gasteiger partial charge in [0.15, 0.2) is 6.29 Å². The Morgan fingerprint density at radius 1 is 1.25 bits per heavy atom. The first-order chi connectivity index (χ1) is 17.1. The molecule has 0 aromatic rings. The third-order valence-electron chi connectivity index (χ3n) is 11.0. The van der Waals surface area contributed by atoms with E-state index in [1.807, 2.05) is 0 Å². The van der Waals surface area contributed by atoms with Crippen molar-refractivity contribution in [1.82, 2.24) is 0 Å². The van der Waals surface area contributed by atoms with E-state index in [9.17, 15) is 9.90 Å². The van der Waals surface area contributed by atoms with Crippen molar-refractivity contribution < 1.29 is 24.1 Å². The highest BCUT2D eigenvalue weighted by Crippen LogP contribution is 2.70. The van der Waals surface area contributed by atoms with Gasteiger partial charge in [0.1, 0.15) is 6.29 Å². The lowest BCUT2D eigenvalue weighted by molar-refractivity contribution is -0.226. The van der Waals surface area contributed by atoms with Crippen LogP contribution in [0.15, 0.2) is 23.8 Å². The second-order valence-corrected chi connectivity index (χ2v) is 13.3. The van der Waals surface area contributed by atoms with Crippen molar-refractivity contribution in [3.05, 3.63) is 23.8 Å². The molecule has 1 N–H and O–H groups in total. The van der Waals surface area contributed by atoms with Crippen molar-refractivity contribution >= 4 is 6.29 Å². The Hall–Kier alpha value is -1.01. The number of hydrogen-bond donors (Lipinski definition) is 1. The van der Waals surface area contributed by atoms with Crippen LogP contribution >= 0.6 is 0 Å². The fourth-order valence-electron chi connectivity index (χ4n) is 9.21. The van der Waals surface area contributed by atoms with E-state index in [0.29, 0.717) is 36.9 Å². The Bertz CT molecular complexity index is 880. The van der Waals surface area contributed by atoms with E-state index >= 15 is 0 Å². The van der Waals surface area contributed by atoms with Crippen molar-refractivity contribution in [2.75, 3.05) is 13.2 Å². The Labute approximate surface area is 218 Å². The lowest BCUT2D eigenvalue weighted by Crippen LogP contribution is -2.47. The van der Waals surface area contributed by atoms with Gasteiger partial charge >= 0.3 is 0 Å². The molecule has 11 atom stereocenters. The van der Waals surface area contributed by atoms with Crippen LogP contribution in [0.25, 0.3) is 0 Å². The standard InChI is InChI=1S/C31H48O5/c1-18(2)25-11-22-14-30(25,6)31(15-22,17-32)26-13-27(33)20(4)23(26)9-7-8-10-34-28-12-24-19(3)16-35-29(24)21(5)36-28/h11,17-18,20-24,26-29,33H,3,7-10,12-16H2,1-2,4-6H3.